The molecule has 0 amide bonds. The molecule has 3 aromatic heterocycles. The Balaban J connectivity index is 1.13. The van der Waals surface area contributed by atoms with Gasteiger partial charge in [-0.2, -0.15) is 26.3 Å². The molecular formula is C79H82F6N4O12. The lowest BCUT2D eigenvalue weighted by Gasteiger charge is -2.43. The van der Waals surface area contributed by atoms with Crippen LogP contribution in [0.15, 0.2) is 115 Å². The molecule has 0 saturated carbocycles. The van der Waals surface area contributed by atoms with Gasteiger partial charge in [0, 0.05) is 82.8 Å². The van der Waals surface area contributed by atoms with Crippen LogP contribution in [0.2, 0.25) is 0 Å². The van der Waals surface area contributed by atoms with E-state index in [1.165, 1.54) is 20.8 Å². The Morgan fingerprint density at radius 3 is 0.931 bits per heavy atom. The van der Waals surface area contributed by atoms with Crippen LogP contribution >= 0.6 is 0 Å². The Bertz CT molecular complexity index is 4400. The molecule has 12 rings (SSSR count). The van der Waals surface area contributed by atoms with Gasteiger partial charge in [0.15, 0.2) is 18.3 Å². The Hall–Kier alpha value is -9.25. The highest BCUT2D eigenvalue weighted by molar-refractivity contribution is 6.00. The molecule has 22 heteroatoms. The number of benzene rings is 4. The summed E-state index contributed by atoms with van der Waals surface area (Å²) in [6.07, 6.45) is -7.70. The van der Waals surface area contributed by atoms with Crippen molar-refractivity contribution < 1.29 is 83.4 Å². The number of aromatic amines is 2. The second-order valence-corrected chi connectivity index (χ2v) is 27.0. The highest BCUT2D eigenvalue weighted by Crippen LogP contribution is 2.46. The molecule has 6 unspecified atom stereocenters. The van der Waals surface area contributed by atoms with Crippen molar-refractivity contribution >= 4 is 64.3 Å². The number of fused-ring (bicyclic) bond motifs is 8. The van der Waals surface area contributed by atoms with E-state index >= 15 is 26.3 Å². The predicted molar refractivity (Wildman–Crippen MR) is 371 cm³/mol. The first-order valence-corrected chi connectivity index (χ1v) is 34.3. The number of hydrogen-bond acceptors (Lipinski definition) is 14. The summed E-state index contributed by atoms with van der Waals surface area (Å²) in [4.78, 5) is 55.6. The number of halogens is 6. The van der Waals surface area contributed by atoms with Gasteiger partial charge < -0.3 is 52.6 Å². The number of aromatic nitrogens is 4. The molecule has 0 radical (unpaired) electrons. The van der Waals surface area contributed by atoms with E-state index in [2.05, 4.69) is 16.9 Å². The minimum Gasteiger partial charge on any atom is -0.461 e. The first-order chi connectivity index (χ1) is 48.1. The Kier molecular flexibility index (Phi) is 20.6. The minimum atomic E-state index is -5.21. The smallest absolute Gasteiger partial charge is 0.416 e. The first-order valence-electron chi connectivity index (χ1n) is 34.3. The number of alkyl halides is 6. The normalized spacial score (nSPS) is 25.9. The number of hydrogen-bond donors (Lipinski definition) is 2. The number of H-pyrrole nitrogens is 2. The summed E-state index contributed by atoms with van der Waals surface area (Å²) in [6, 6.07) is 29.8. The molecule has 8 heterocycles. The first kappa shape index (κ1) is 71.6. The van der Waals surface area contributed by atoms with Gasteiger partial charge in [-0.05, 0) is 162 Å². The van der Waals surface area contributed by atoms with E-state index in [0.717, 1.165) is 0 Å². The third-order valence-corrected chi connectivity index (χ3v) is 20.4. The van der Waals surface area contributed by atoms with E-state index in [4.69, 9.17) is 52.6 Å². The lowest BCUT2D eigenvalue weighted by atomic mass is 9.82. The summed E-state index contributed by atoms with van der Waals surface area (Å²) in [7, 11) is 0. The minimum absolute atomic E-state index is 0.00338. The van der Waals surface area contributed by atoms with Gasteiger partial charge in [0.25, 0.3) is 0 Å². The second-order valence-electron chi connectivity index (χ2n) is 27.0. The van der Waals surface area contributed by atoms with E-state index in [0.29, 0.717) is 110 Å². The summed E-state index contributed by atoms with van der Waals surface area (Å²) in [5, 5.41) is 0. The van der Waals surface area contributed by atoms with Crippen molar-refractivity contribution in [1.82, 2.24) is 19.9 Å². The maximum atomic E-state index is 15.0. The SMILES string of the molecule is CCC1O[C@H](Oc2cccc(-c3c4nc(c(-c5cccc(O[C@H]6OC(CC)[C@@H](C)[C@H](C)C6OC(C)=O)c5)c5ccc([nH]5)c(-c5cc(C(F)(F)F)cc(C(F)(F)F)c5)c5nc(c(-c6cccc(O[C@H]7OC(CC)[C@@H](C)[C@H](C)C7OC(C)=O)c6)c6ccc3[nH]6)C=C5)C=C4)c2)C(OC(C)=O)[C@@H](C)[C@@H]1C. The number of esters is 3. The van der Waals surface area contributed by atoms with Crippen LogP contribution in [0.5, 0.6) is 17.2 Å². The molecule has 0 spiro atoms. The van der Waals surface area contributed by atoms with Gasteiger partial charge in [0.2, 0.25) is 18.9 Å². The number of nitrogens with one attached hydrogen (secondary N) is 2. The molecule has 3 saturated heterocycles. The zero-order valence-corrected chi connectivity index (χ0v) is 58.1. The third kappa shape index (κ3) is 14.9. The summed E-state index contributed by atoms with van der Waals surface area (Å²) in [5.74, 6) is -0.942. The van der Waals surface area contributed by atoms with Gasteiger partial charge in [-0.25, -0.2) is 9.97 Å². The van der Waals surface area contributed by atoms with Crippen LogP contribution in [0.3, 0.4) is 0 Å². The number of nitrogens with zero attached hydrogens (tertiary/aromatic N) is 2. The Morgan fingerprint density at radius 1 is 0.396 bits per heavy atom. The van der Waals surface area contributed by atoms with Crippen molar-refractivity contribution in [1.29, 1.82) is 0 Å². The molecule has 2 N–H and O–H groups in total. The molecule has 101 heavy (non-hydrogen) atoms. The quantitative estimate of drug-likeness (QED) is 0.0527. The summed E-state index contributed by atoms with van der Waals surface area (Å²) in [5.41, 5.74) is 1.90. The number of carbonyl (C=O) groups excluding carboxylic acids is 3. The highest BCUT2D eigenvalue weighted by atomic mass is 19.4. The van der Waals surface area contributed by atoms with Gasteiger partial charge >= 0.3 is 30.3 Å². The lowest BCUT2D eigenvalue weighted by molar-refractivity contribution is -0.246. The van der Waals surface area contributed by atoms with E-state index in [1.54, 1.807) is 72.8 Å². The summed E-state index contributed by atoms with van der Waals surface area (Å²) in [6.45, 7) is 22.1. The average Bonchev–Trinajstić information content (AvgIpc) is 1.66. The Morgan fingerprint density at radius 2 is 0.673 bits per heavy atom. The number of rotatable bonds is 16. The molecule has 532 valence electrons. The monoisotopic (exact) mass is 1390 g/mol. The zero-order chi connectivity index (χ0) is 72.1. The van der Waals surface area contributed by atoms with Gasteiger partial charge in [0.05, 0.1) is 52.2 Å². The van der Waals surface area contributed by atoms with Crippen LogP contribution < -0.4 is 14.2 Å². The van der Waals surface area contributed by atoms with E-state index in [-0.39, 0.29) is 82.4 Å². The summed E-state index contributed by atoms with van der Waals surface area (Å²) < 4.78 is 148. The van der Waals surface area contributed by atoms with Crippen molar-refractivity contribution in [3.05, 3.63) is 149 Å². The largest absolute Gasteiger partial charge is 0.461 e. The zero-order valence-electron chi connectivity index (χ0n) is 58.1. The molecular weight excluding hydrogens is 1310 g/mol. The molecule has 16 nitrogen and oxygen atoms in total. The van der Waals surface area contributed by atoms with Gasteiger partial charge in [-0.3, -0.25) is 14.4 Å². The molecule has 8 bridgehead atoms. The van der Waals surface area contributed by atoms with Crippen molar-refractivity contribution in [3.63, 3.8) is 0 Å². The number of carbonyl (C=O) groups is 3. The van der Waals surface area contributed by atoms with Crippen molar-refractivity contribution in [2.45, 2.75) is 170 Å². The van der Waals surface area contributed by atoms with E-state index < -0.39 is 84.1 Å². The molecule has 4 aromatic carbocycles. The molecule has 5 aliphatic rings. The molecule has 3 fully saturated rings. The predicted octanol–water partition coefficient (Wildman–Crippen LogP) is 18.5. The van der Waals surface area contributed by atoms with Crippen LogP contribution in [0, 0.1) is 35.5 Å². The van der Waals surface area contributed by atoms with Crippen LogP contribution in [0.25, 0.3) is 90.9 Å². The maximum Gasteiger partial charge on any atom is 0.416 e. The van der Waals surface area contributed by atoms with Crippen LogP contribution in [-0.4, -0.2) is 93.3 Å². The van der Waals surface area contributed by atoms with E-state index in [9.17, 15) is 14.4 Å². The van der Waals surface area contributed by atoms with Crippen molar-refractivity contribution in [2.24, 2.45) is 35.5 Å². The van der Waals surface area contributed by atoms with Crippen molar-refractivity contribution in [3.8, 4) is 61.8 Å². The van der Waals surface area contributed by atoms with Gasteiger partial charge in [0.1, 0.15) is 17.2 Å². The fraction of sp³-hybridized carbons (Fsp3) is 0.405. The lowest BCUT2D eigenvalue weighted by Crippen LogP contribution is -2.53. The average molecular weight is 1390 g/mol. The molecule has 7 aromatic rings. The van der Waals surface area contributed by atoms with Crippen LogP contribution in [0.1, 0.15) is 136 Å². The maximum absolute atomic E-state index is 15.0. The topological polar surface area (TPSA) is 192 Å². The van der Waals surface area contributed by atoms with Gasteiger partial charge in [-0.15, -0.1) is 0 Å². The van der Waals surface area contributed by atoms with Crippen LogP contribution in [0.4, 0.5) is 26.3 Å². The molecule has 0 aliphatic carbocycles. The second kappa shape index (κ2) is 29.0. The fourth-order valence-electron chi connectivity index (χ4n) is 14.6. The number of ether oxygens (including phenoxy) is 9. The highest BCUT2D eigenvalue weighted by Gasteiger charge is 2.47. The van der Waals surface area contributed by atoms with Crippen molar-refractivity contribution in [2.75, 3.05) is 0 Å². The summed E-state index contributed by atoms with van der Waals surface area (Å²) >= 11 is 0. The standard InChI is InChI=1S/C79H82F6N4O12/c1-13-65-39(4)42(7)72(93-45(10)90)75(99-65)96-54-22-16-19-48(35-54)68-57-25-27-59(86-57)69(49-20-17-23-55(36-49)97-76-73(94-46(11)91)43(8)40(5)66(14-2)100-76)61-29-31-63(88-61)71(51-33-52(78(80,81)82)38-53(34-51)79(83,84)85)64-32-30-62(89-64)70(60-28-26-58(68)87-60)50-21-18-24-56(37-50)98-77-74(95-47(12)92)44(9)41(6)67(15-3)101-77/h16-44,65-67,72-77,86,89H,13-15H2,1-12H3/t39-,40-,41-,42-,43-,44-,65?,66?,67?,72?,73?,74?,75-,76-,77-/m0/s1. The molecule has 5 aliphatic heterocycles. The Labute approximate surface area is 581 Å². The van der Waals surface area contributed by atoms with Crippen LogP contribution in [-0.2, 0) is 55.2 Å². The van der Waals surface area contributed by atoms with E-state index in [1.807, 2.05) is 104 Å². The third-order valence-electron chi connectivity index (χ3n) is 20.4. The fourth-order valence-corrected chi connectivity index (χ4v) is 14.6. The molecule has 15 atom stereocenters. The van der Waals surface area contributed by atoms with Gasteiger partial charge in [-0.1, -0.05) is 98.7 Å².